The molecule has 0 aromatic heterocycles. The number of benzene rings is 4. The highest BCUT2D eigenvalue weighted by Crippen LogP contribution is 2.30. The molecule has 4 aromatic rings. The fourth-order valence-electron chi connectivity index (χ4n) is 2.86. The maximum Gasteiger partial charge on any atom is 0.294 e. The average molecular weight is 447 g/mol. The van der Waals surface area contributed by atoms with Crippen molar-refractivity contribution < 1.29 is 31.0 Å². The minimum atomic E-state index is -4.54. The van der Waals surface area contributed by atoms with E-state index >= 15 is 0 Å². The molecule has 156 valence electrons. The number of anilines is 1. The Bertz CT molecular complexity index is 1450. The van der Waals surface area contributed by atoms with E-state index < -0.39 is 35.8 Å². The van der Waals surface area contributed by atoms with Crippen LogP contribution in [0.2, 0.25) is 0 Å². The highest BCUT2D eigenvalue weighted by molar-refractivity contribution is 7.86. The third kappa shape index (κ3) is 4.69. The Kier molecular flexibility index (Phi) is 5.68. The molecule has 0 bridgehead atoms. The Morgan fingerprint density at radius 2 is 1.23 bits per heavy atom. The molecule has 0 fully saturated rings. The normalized spacial score (nSPS) is 11.8. The summed E-state index contributed by atoms with van der Waals surface area (Å²) in [7, 11) is -8.99. The Morgan fingerprint density at radius 1 is 0.633 bits per heavy atom. The summed E-state index contributed by atoms with van der Waals surface area (Å²) in [5.74, 6) is -0.438. The van der Waals surface area contributed by atoms with E-state index in [0.717, 1.165) is 35.3 Å². The van der Waals surface area contributed by atoms with Gasteiger partial charge < -0.3 is 10.8 Å². The third-order valence-corrected chi connectivity index (χ3v) is 5.98. The second kappa shape index (κ2) is 7.92. The molecular weight excluding hydrogens is 430 g/mol. The van der Waals surface area contributed by atoms with Crippen molar-refractivity contribution in [3.8, 4) is 5.75 Å². The van der Waals surface area contributed by atoms with Gasteiger partial charge in [0.1, 0.15) is 5.75 Å². The summed E-state index contributed by atoms with van der Waals surface area (Å²) in [4.78, 5) is -1.03. The molecule has 0 radical (unpaired) electrons. The van der Waals surface area contributed by atoms with Crippen molar-refractivity contribution in [2.45, 2.75) is 9.79 Å². The van der Waals surface area contributed by atoms with Gasteiger partial charge in [0, 0.05) is 22.5 Å². The van der Waals surface area contributed by atoms with Crippen LogP contribution in [0, 0.1) is 0 Å². The first kappa shape index (κ1) is 21.5. The topological polar surface area (TPSA) is 155 Å². The zero-order chi connectivity index (χ0) is 22.1. The van der Waals surface area contributed by atoms with Crippen LogP contribution in [0.5, 0.6) is 5.75 Å². The maximum atomic E-state index is 11.0. The van der Waals surface area contributed by atoms with Crippen molar-refractivity contribution in [1.29, 1.82) is 0 Å². The Balaban J connectivity index is 0.000000196. The molecule has 0 atom stereocenters. The van der Waals surface area contributed by atoms with Gasteiger partial charge in [0.05, 0.1) is 9.79 Å². The summed E-state index contributed by atoms with van der Waals surface area (Å²) in [6.07, 6.45) is 0. The fraction of sp³-hybridized carbons (Fsp3) is 0. The molecule has 0 aliphatic carbocycles. The summed E-state index contributed by atoms with van der Waals surface area (Å²) in [5.41, 5.74) is 6.61. The van der Waals surface area contributed by atoms with E-state index in [1.165, 1.54) is 11.5 Å². The molecule has 8 nitrogen and oxygen atoms in total. The molecule has 5 N–H and O–H groups in total. The molecule has 0 aliphatic rings. The van der Waals surface area contributed by atoms with Crippen LogP contribution >= 0.6 is 0 Å². The lowest BCUT2D eigenvalue weighted by atomic mass is 10.1. The maximum absolute atomic E-state index is 11.0. The number of phenolic OH excluding ortho intramolecular Hbond substituents is 1. The quantitative estimate of drug-likeness (QED) is 0.269. The van der Waals surface area contributed by atoms with E-state index in [0.29, 0.717) is 0 Å². The Hall–Kier alpha value is -3.18. The fourth-order valence-corrected chi connectivity index (χ4v) is 3.91. The molecule has 10 heteroatoms. The first-order valence-electron chi connectivity index (χ1n) is 8.42. The van der Waals surface area contributed by atoms with Gasteiger partial charge in [0.2, 0.25) is 0 Å². The summed E-state index contributed by atoms with van der Waals surface area (Å²) in [6, 6.07) is 19.1. The summed E-state index contributed by atoms with van der Waals surface area (Å²) < 4.78 is 61.7. The van der Waals surface area contributed by atoms with E-state index in [1.54, 1.807) is 0 Å². The number of hydrogen-bond acceptors (Lipinski definition) is 6. The predicted octanol–water partition coefficient (Wildman–Crippen LogP) is 3.46. The van der Waals surface area contributed by atoms with Gasteiger partial charge >= 0.3 is 0 Å². The second-order valence-electron chi connectivity index (χ2n) is 6.34. The molecule has 4 rings (SSSR count). The lowest BCUT2D eigenvalue weighted by molar-refractivity contribution is 0.471. The number of rotatable bonds is 2. The van der Waals surface area contributed by atoms with Gasteiger partial charge in [-0.2, -0.15) is 16.8 Å². The SMILES string of the molecule is Nc1cccc2ccccc12.O=S(=O)(O)c1ccc2c(O)cc(S(=O)(=O)O)cc2c1. The van der Waals surface area contributed by atoms with Gasteiger partial charge in [-0.1, -0.05) is 36.4 Å². The predicted molar refractivity (Wildman–Crippen MR) is 114 cm³/mol. The van der Waals surface area contributed by atoms with Crippen molar-refractivity contribution in [3.05, 3.63) is 72.8 Å². The smallest absolute Gasteiger partial charge is 0.294 e. The molecule has 0 amide bonds. The molecule has 0 heterocycles. The standard InChI is InChI=1S/C10H9N.C10H8O7S2/c11-10-7-3-5-8-4-1-2-6-9(8)10;11-10-5-8(19(15,16)17)4-6-3-7(18(12,13)14)1-2-9(6)10/h1-7H,11H2;1-5,11H,(H,12,13,14)(H,15,16,17). The van der Waals surface area contributed by atoms with E-state index in [-0.39, 0.29) is 10.8 Å². The van der Waals surface area contributed by atoms with Crippen LogP contribution in [0.25, 0.3) is 21.5 Å². The third-order valence-electron chi connectivity index (χ3n) is 4.29. The summed E-state index contributed by atoms with van der Waals surface area (Å²) >= 11 is 0. The Labute approximate surface area is 172 Å². The number of hydrogen-bond donors (Lipinski definition) is 4. The van der Waals surface area contributed by atoms with E-state index in [2.05, 4.69) is 12.1 Å². The molecule has 0 aliphatic heterocycles. The van der Waals surface area contributed by atoms with Crippen LogP contribution in [-0.2, 0) is 20.2 Å². The van der Waals surface area contributed by atoms with Crippen molar-refractivity contribution in [2.24, 2.45) is 0 Å². The number of nitrogen functional groups attached to an aromatic ring is 1. The highest BCUT2D eigenvalue weighted by Gasteiger charge is 2.16. The second-order valence-corrected chi connectivity index (χ2v) is 9.19. The number of nitrogens with two attached hydrogens (primary N) is 1. The number of aromatic hydroxyl groups is 1. The monoisotopic (exact) mass is 447 g/mol. The first-order chi connectivity index (χ1) is 14.0. The van der Waals surface area contributed by atoms with E-state index in [4.69, 9.17) is 14.8 Å². The molecule has 30 heavy (non-hydrogen) atoms. The minimum absolute atomic E-state index is 0.0442. The van der Waals surface area contributed by atoms with Crippen LogP contribution in [0.1, 0.15) is 0 Å². The minimum Gasteiger partial charge on any atom is -0.507 e. The Morgan fingerprint density at radius 3 is 1.87 bits per heavy atom. The molecule has 4 aromatic carbocycles. The molecule has 0 saturated heterocycles. The lowest BCUT2D eigenvalue weighted by Gasteiger charge is -2.05. The van der Waals surface area contributed by atoms with Gasteiger partial charge in [0.25, 0.3) is 20.2 Å². The van der Waals surface area contributed by atoms with Gasteiger partial charge in [-0.3, -0.25) is 9.11 Å². The van der Waals surface area contributed by atoms with Crippen LogP contribution in [0.3, 0.4) is 0 Å². The molecule has 0 spiro atoms. The summed E-state index contributed by atoms with van der Waals surface area (Å²) in [6.45, 7) is 0. The molecular formula is C20H17NO7S2. The number of fused-ring (bicyclic) bond motifs is 2. The van der Waals surface area contributed by atoms with Gasteiger partial charge in [-0.05, 0) is 41.1 Å². The van der Waals surface area contributed by atoms with Crippen molar-refractivity contribution >= 4 is 47.5 Å². The van der Waals surface area contributed by atoms with Crippen molar-refractivity contribution in [3.63, 3.8) is 0 Å². The van der Waals surface area contributed by atoms with Crippen LogP contribution in [0.4, 0.5) is 5.69 Å². The summed E-state index contributed by atoms with van der Waals surface area (Å²) in [5, 5.41) is 12.2. The zero-order valence-corrected chi connectivity index (χ0v) is 16.9. The van der Waals surface area contributed by atoms with Crippen molar-refractivity contribution in [1.82, 2.24) is 0 Å². The largest absolute Gasteiger partial charge is 0.507 e. The van der Waals surface area contributed by atoms with Gasteiger partial charge in [-0.25, -0.2) is 0 Å². The highest BCUT2D eigenvalue weighted by atomic mass is 32.2. The van der Waals surface area contributed by atoms with E-state index in [9.17, 15) is 21.9 Å². The van der Waals surface area contributed by atoms with Crippen molar-refractivity contribution in [2.75, 3.05) is 5.73 Å². The van der Waals surface area contributed by atoms with Gasteiger partial charge in [-0.15, -0.1) is 0 Å². The average Bonchev–Trinajstić information content (AvgIpc) is 2.67. The molecule has 0 unspecified atom stereocenters. The lowest BCUT2D eigenvalue weighted by Crippen LogP contribution is -1.99. The number of phenols is 1. The zero-order valence-electron chi connectivity index (χ0n) is 15.3. The van der Waals surface area contributed by atoms with Crippen LogP contribution in [-0.4, -0.2) is 31.0 Å². The van der Waals surface area contributed by atoms with E-state index in [1.807, 2.05) is 30.3 Å². The van der Waals surface area contributed by atoms with Gasteiger partial charge in [0.15, 0.2) is 0 Å². The molecule has 0 saturated carbocycles. The van der Waals surface area contributed by atoms with Crippen LogP contribution in [0.15, 0.2) is 82.6 Å². The van der Waals surface area contributed by atoms with Crippen LogP contribution < -0.4 is 5.73 Å². The first-order valence-corrected chi connectivity index (χ1v) is 11.3.